The van der Waals surface area contributed by atoms with Crippen LogP contribution < -0.4 is 16.2 Å². The summed E-state index contributed by atoms with van der Waals surface area (Å²) in [4.78, 5) is 61.0. The van der Waals surface area contributed by atoms with Gasteiger partial charge < -0.3 is 15.5 Å². The Hall–Kier alpha value is -4.30. The number of aromatic nitrogens is 2. The number of rotatable bonds is 7. The van der Waals surface area contributed by atoms with Crippen LogP contribution >= 0.6 is 15.9 Å². The van der Waals surface area contributed by atoms with Crippen molar-refractivity contribution in [3.05, 3.63) is 97.9 Å². The predicted molar refractivity (Wildman–Crippen MR) is 178 cm³/mol. The first-order valence-corrected chi connectivity index (χ1v) is 16.3. The molecule has 2 aliphatic heterocycles. The minimum Gasteiger partial charge on any atom is -0.349 e. The van der Waals surface area contributed by atoms with Crippen molar-refractivity contribution in [1.82, 2.24) is 24.7 Å². The second kappa shape index (κ2) is 14.0. The SMILES string of the molecule is C=C[C@H](C)Nc1nc2c(c(=O)n1-c1ccc(C(=O)N(C)C(=O)C3CCNCC3)cc1)C[C@@H](C)N(C(=O)c1ccc(Br)c(C(F)(F)F)c1)C2. The van der Waals surface area contributed by atoms with Crippen molar-refractivity contribution in [3.63, 3.8) is 0 Å². The van der Waals surface area contributed by atoms with E-state index in [0.717, 1.165) is 24.1 Å². The maximum atomic E-state index is 14.1. The quantitative estimate of drug-likeness (QED) is 0.254. The number of anilines is 1. The second-order valence-electron chi connectivity index (χ2n) is 12.1. The number of hydrogen-bond donors (Lipinski definition) is 2. The number of halogens is 4. The molecule has 2 N–H and O–H groups in total. The fourth-order valence-corrected chi connectivity index (χ4v) is 6.43. The first-order valence-electron chi connectivity index (χ1n) is 15.6. The van der Waals surface area contributed by atoms with Crippen molar-refractivity contribution in [2.45, 2.75) is 57.9 Å². The van der Waals surface area contributed by atoms with Crippen molar-refractivity contribution < 1.29 is 27.6 Å². The molecule has 2 aliphatic rings. The molecule has 0 bridgehead atoms. The maximum Gasteiger partial charge on any atom is 0.417 e. The molecule has 3 amide bonds. The van der Waals surface area contributed by atoms with Crippen molar-refractivity contribution in [1.29, 1.82) is 0 Å². The Bertz CT molecular complexity index is 1800. The molecule has 0 radical (unpaired) electrons. The Morgan fingerprint density at radius 3 is 2.40 bits per heavy atom. The van der Waals surface area contributed by atoms with E-state index in [1.54, 1.807) is 37.3 Å². The van der Waals surface area contributed by atoms with Gasteiger partial charge in [-0.3, -0.25) is 24.1 Å². The molecule has 2 atom stereocenters. The Morgan fingerprint density at radius 2 is 1.77 bits per heavy atom. The first kappa shape index (κ1) is 35.0. The molecule has 0 saturated carbocycles. The smallest absolute Gasteiger partial charge is 0.349 e. The number of amides is 3. The Balaban J connectivity index is 1.46. The van der Waals surface area contributed by atoms with Gasteiger partial charge in [-0.05, 0) is 88.7 Å². The molecule has 1 saturated heterocycles. The molecule has 5 rings (SSSR count). The molecule has 2 aromatic carbocycles. The summed E-state index contributed by atoms with van der Waals surface area (Å²) in [7, 11) is 1.47. The molecular weight excluding hydrogens is 693 g/mol. The number of piperidine rings is 1. The largest absolute Gasteiger partial charge is 0.417 e. The van der Waals surface area contributed by atoms with E-state index in [1.807, 2.05) is 6.92 Å². The van der Waals surface area contributed by atoms with E-state index in [1.165, 1.54) is 28.6 Å². The van der Waals surface area contributed by atoms with E-state index in [4.69, 9.17) is 4.98 Å². The van der Waals surface area contributed by atoms with E-state index >= 15 is 0 Å². The van der Waals surface area contributed by atoms with Crippen LogP contribution in [0.5, 0.6) is 0 Å². The lowest BCUT2D eigenvalue weighted by Crippen LogP contribution is -2.46. The lowest BCUT2D eigenvalue weighted by molar-refractivity contribution is -0.138. The van der Waals surface area contributed by atoms with Gasteiger partial charge in [0.25, 0.3) is 17.4 Å². The van der Waals surface area contributed by atoms with Gasteiger partial charge in [-0.1, -0.05) is 22.0 Å². The van der Waals surface area contributed by atoms with Crippen LogP contribution in [-0.4, -0.2) is 69.3 Å². The first-order chi connectivity index (χ1) is 22.7. The van der Waals surface area contributed by atoms with E-state index in [-0.39, 0.29) is 52.4 Å². The van der Waals surface area contributed by atoms with E-state index < -0.39 is 35.2 Å². The van der Waals surface area contributed by atoms with Crippen molar-refractivity contribution in [2.24, 2.45) is 5.92 Å². The standard InChI is InChI=1S/C34H36BrF3N6O4/c1-5-19(2)40-33-41-28-18-43(31(47)23-8-11-27(35)26(17-23)34(36,37)38)20(3)16-25(28)32(48)44(33)24-9-6-21(7-10-24)29(45)42(4)30(46)22-12-14-39-15-13-22/h5-11,17,19-20,22,39H,1,12-16,18H2,2-4H3,(H,40,41)/t19-,20+/m0/s1. The molecule has 0 aliphatic carbocycles. The molecule has 1 aromatic heterocycles. The summed E-state index contributed by atoms with van der Waals surface area (Å²) in [5.74, 6) is -1.36. The fourth-order valence-electron chi connectivity index (χ4n) is 5.96. The van der Waals surface area contributed by atoms with Gasteiger partial charge in [-0.25, -0.2) is 9.55 Å². The van der Waals surface area contributed by atoms with Gasteiger partial charge in [-0.2, -0.15) is 13.2 Å². The Kier molecular flexibility index (Phi) is 10.2. The van der Waals surface area contributed by atoms with Crippen LogP contribution in [0.1, 0.15) is 64.2 Å². The second-order valence-corrected chi connectivity index (χ2v) is 13.0. The normalized spacial score (nSPS) is 17.3. The molecule has 48 heavy (non-hydrogen) atoms. The topological polar surface area (TPSA) is 117 Å². The molecule has 0 spiro atoms. The van der Waals surface area contributed by atoms with Crippen LogP contribution in [0.25, 0.3) is 5.69 Å². The van der Waals surface area contributed by atoms with Gasteiger partial charge in [-0.15, -0.1) is 6.58 Å². The number of carbonyl (C=O) groups excluding carboxylic acids is 3. The third kappa shape index (κ3) is 7.09. The van der Waals surface area contributed by atoms with Gasteiger partial charge in [0.1, 0.15) is 0 Å². The summed E-state index contributed by atoms with van der Waals surface area (Å²) in [6, 6.07) is 8.78. The minimum absolute atomic E-state index is 0.0924. The van der Waals surface area contributed by atoms with Crippen molar-refractivity contribution in [2.75, 3.05) is 25.5 Å². The number of benzene rings is 2. The number of nitrogens with one attached hydrogen (secondary N) is 2. The monoisotopic (exact) mass is 728 g/mol. The van der Waals surface area contributed by atoms with Crippen LogP contribution in [0, 0.1) is 5.92 Å². The van der Waals surface area contributed by atoms with Crippen LogP contribution in [-0.2, 0) is 23.9 Å². The highest BCUT2D eigenvalue weighted by atomic mass is 79.9. The summed E-state index contributed by atoms with van der Waals surface area (Å²) in [6.45, 7) is 8.67. The molecule has 1 fully saturated rings. The van der Waals surface area contributed by atoms with E-state index in [2.05, 4.69) is 33.1 Å². The number of fused-ring (bicyclic) bond motifs is 1. The van der Waals surface area contributed by atoms with Crippen LogP contribution in [0.2, 0.25) is 0 Å². The lowest BCUT2D eigenvalue weighted by Gasteiger charge is -2.35. The Morgan fingerprint density at radius 1 is 1.12 bits per heavy atom. The third-order valence-corrected chi connectivity index (χ3v) is 9.49. The van der Waals surface area contributed by atoms with Crippen LogP contribution in [0.3, 0.4) is 0 Å². The summed E-state index contributed by atoms with van der Waals surface area (Å²) in [5, 5.41) is 6.36. The highest BCUT2D eigenvalue weighted by Crippen LogP contribution is 2.36. The molecule has 254 valence electrons. The summed E-state index contributed by atoms with van der Waals surface area (Å²) < 4.78 is 41.9. The zero-order valence-corrected chi connectivity index (χ0v) is 28.3. The zero-order valence-electron chi connectivity index (χ0n) is 26.7. The van der Waals surface area contributed by atoms with E-state index in [0.29, 0.717) is 29.8 Å². The Labute approximate surface area is 284 Å². The van der Waals surface area contributed by atoms with Crippen LogP contribution in [0.4, 0.5) is 19.1 Å². The van der Waals surface area contributed by atoms with Gasteiger partial charge in [0, 0.05) is 46.2 Å². The lowest BCUT2D eigenvalue weighted by atomic mass is 9.96. The molecular formula is C34H36BrF3N6O4. The van der Waals surface area contributed by atoms with Crippen molar-refractivity contribution in [3.8, 4) is 5.69 Å². The average Bonchev–Trinajstić information content (AvgIpc) is 3.07. The maximum absolute atomic E-state index is 14.1. The number of alkyl halides is 3. The minimum atomic E-state index is -4.66. The molecule has 14 heteroatoms. The van der Waals surface area contributed by atoms with Gasteiger partial charge in [0.2, 0.25) is 11.9 Å². The fraction of sp³-hybridized carbons (Fsp3) is 0.382. The third-order valence-electron chi connectivity index (χ3n) is 8.80. The van der Waals surface area contributed by atoms with Gasteiger partial charge in [0.05, 0.1) is 23.5 Å². The zero-order chi connectivity index (χ0) is 34.9. The summed E-state index contributed by atoms with van der Waals surface area (Å²) >= 11 is 2.91. The molecule has 3 heterocycles. The van der Waals surface area contributed by atoms with Crippen LogP contribution in [0.15, 0.2) is 64.4 Å². The molecule has 0 unspecified atom stereocenters. The number of imide groups is 1. The highest BCUT2D eigenvalue weighted by Gasteiger charge is 2.36. The van der Waals surface area contributed by atoms with Crippen molar-refractivity contribution >= 4 is 39.6 Å². The van der Waals surface area contributed by atoms with E-state index in [9.17, 15) is 32.3 Å². The highest BCUT2D eigenvalue weighted by molar-refractivity contribution is 9.10. The van der Waals surface area contributed by atoms with Gasteiger partial charge in [0.15, 0.2) is 0 Å². The molecule has 10 nitrogen and oxygen atoms in total. The number of carbonyl (C=O) groups is 3. The average molecular weight is 730 g/mol. The number of nitrogens with zero attached hydrogens (tertiary/aromatic N) is 4. The number of hydrogen-bond acceptors (Lipinski definition) is 7. The summed E-state index contributed by atoms with van der Waals surface area (Å²) in [5.41, 5.74) is -0.109. The summed E-state index contributed by atoms with van der Waals surface area (Å²) in [6.07, 6.45) is -1.59. The molecule has 3 aromatic rings. The van der Waals surface area contributed by atoms with Gasteiger partial charge >= 0.3 is 6.18 Å². The predicted octanol–water partition coefficient (Wildman–Crippen LogP) is 5.19.